The number of amides is 1. The van der Waals surface area contributed by atoms with Gasteiger partial charge in [-0.3, -0.25) is 4.79 Å². The number of nitrogens with one attached hydrogen (secondary N) is 1. The maximum absolute atomic E-state index is 12.2. The van der Waals surface area contributed by atoms with Crippen molar-refractivity contribution in [2.75, 3.05) is 5.32 Å². The Bertz CT molecular complexity index is 573. The van der Waals surface area contributed by atoms with Crippen molar-refractivity contribution < 1.29 is 9.90 Å². The van der Waals surface area contributed by atoms with Gasteiger partial charge in [-0.1, -0.05) is 18.2 Å². The lowest BCUT2D eigenvalue weighted by atomic mass is 10.1. The van der Waals surface area contributed by atoms with Crippen LogP contribution < -0.4 is 5.32 Å². The van der Waals surface area contributed by atoms with E-state index >= 15 is 0 Å². The van der Waals surface area contributed by atoms with E-state index in [1.54, 1.807) is 25.1 Å². The maximum Gasteiger partial charge on any atom is 0.272 e. The number of anilines is 1. The third kappa shape index (κ3) is 2.85. The van der Waals surface area contributed by atoms with Crippen LogP contribution in [0.4, 0.5) is 5.69 Å². The second kappa shape index (κ2) is 5.71. The first-order valence-electron chi connectivity index (χ1n) is 6.37. The summed E-state index contributed by atoms with van der Waals surface area (Å²) in [4.78, 5) is 12.2. The van der Waals surface area contributed by atoms with Crippen LogP contribution in [-0.2, 0) is 6.54 Å². The number of aliphatic hydroxyl groups is 1. The van der Waals surface area contributed by atoms with Gasteiger partial charge in [0.1, 0.15) is 5.69 Å². The molecule has 100 valence electrons. The van der Waals surface area contributed by atoms with Gasteiger partial charge in [0.25, 0.3) is 5.91 Å². The molecule has 0 saturated carbocycles. The Morgan fingerprint density at radius 1 is 1.32 bits per heavy atom. The van der Waals surface area contributed by atoms with Crippen molar-refractivity contribution in [1.82, 2.24) is 4.57 Å². The number of hydrogen-bond acceptors (Lipinski definition) is 2. The van der Waals surface area contributed by atoms with Crippen LogP contribution >= 0.6 is 0 Å². The number of aromatic nitrogens is 1. The van der Waals surface area contributed by atoms with E-state index in [1.165, 1.54) is 0 Å². The van der Waals surface area contributed by atoms with Gasteiger partial charge in [-0.25, -0.2) is 0 Å². The molecule has 2 N–H and O–H groups in total. The van der Waals surface area contributed by atoms with Gasteiger partial charge in [0.2, 0.25) is 0 Å². The third-order valence-corrected chi connectivity index (χ3v) is 3.06. The first-order valence-corrected chi connectivity index (χ1v) is 6.37. The minimum atomic E-state index is -0.616. The van der Waals surface area contributed by atoms with E-state index in [-0.39, 0.29) is 5.91 Å². The zero-order valence-corrected chi connectivity index (χ0v) is 11.1. The molecule has 4 heteroatoms. The average Bonchev–Trinajstić information content (AvgIpc) is 2.87. The van der Waals surface area contributed by atoms with Crippen LogP contribution in [0.1, 0.15) is 36.0 Å². The quantitative estimate of drug-likeness (QED) is 0.886. The van der Waals surface area contributed by atoms with Crippen LogP contribution in [0.2, 0.25) is 0 Å². The van der Waals surface area contributed by atoms with E-state index in [4.69, 9.17) is 0 Å². The van der Waals surface area contributed by atoms with Crippen molar-refractivity contribution in [3.8, 4) is 0 Å². The van der Waals surface area contributed by atoms with Crippen LogP contribution in [0.15, 0.2) is 42.6 Å². The fraction of sp³-hybridized carbons (Fsp3) is 0.267. The second-order valence-corrected chi connectivity index (χ2v) is 4.40. The number of carbonyl (C=O) groups is 1. The van der Waals surface area contributed by atoms with E-state index in [0.29, 0.717) is 16.9 Å². The molecule has 0 aliphatic heterocycles. The van der Waals surface area contributed by atoms with Crippen molar-refractivity contribution in [1.29, 1.82) is 0 Å². The lowest BCUT2D eigenvalue weighted by Gasteiger charge is -2.13. The van der Waals surface area contributed by atoms with Gasteiger partial charge < -0.3 is 15.0 Å². The molecule has 1 heterocycles. The number of hydrogen-bond donors (Lipinski definition) is 2. The minimum Gasteiger partial charge on any atom is -0.389 e. The van der Waals surface area contributed by atoms with Gasteiger partial charge in [0.15, 0.2) is 0 Å². The summed E-state index contributed by atoms with van der Waals surface area (Å²) in [6.07, 6.45) is 1.25. The van der Waals surface area contributed by atoms with Gasteiger partial charge in [-0.05, 0) is 32.0 Å². The summed E-state index contributed by atoms with van der Waals surface area (Å²) in [5.41, 5.74) is 1.97. The minimum absolute atomic E-state index is 0.167. The Kier molecular flexibility index (Phi) is 4.02. The zero-order chi connectivity index (χ0) is 13.8. The van der Waals surface area contributed by atoms with Crippen molar-refractivity contribution in [3.05, 3.63) is 53.9 Å². The fourth-order valence-electron chi connectivity index (χ4n) is 2.06. The molecule has 0 aliphatic carbocycles. The number of aryl methyl sites for hydroxylation is 1. The van der Waals surface area contributed by atoms with E-state index in [1.807, 2.05) is 35.9 Å². The number of aliphatic hydroxyl groups excluding tert-OH is 1. The third-order valence-electron chi connectivity index (χ3n) is 3.06. The molecule has 1 atom stereocenters. The molecule has 19 heavy (non-hydrogen) atoms. The summed E-state index contributed by atoms with van der Waals surface area (Å²) >= 11 is 0. The SMILES string of the molecule is CCn1cccc1C(=O)Nc1ccccc1C(C)O. The van der Waals surface area contributed by atoms with Gasteiger partial charge in [0, 0.05) is 24.0 Å². The van der Waals surface area contributed by atoms with Gasteiger partial charge in [0.05, 0.1) is 6.10 Å². The molecule has 2 aromatic rings. The molecule has 0 spiro atoms. The molecular formula is C15H18N2O2. The molecule has 2 rings (SSSR count). The molecule has 1 aromatic heterocycles. The summed E-state index contributed by atoms with van der Waals surface area (Å²) < 4.78 is 1.88. The van der Waals surface area contributed by atoms with Crippen molar-refractivity contribution in [3.63, 3.8) is 0 Å². The predicted octanol–water partition coefficient (Wildman–Crippen LogP) is 2.81. The normalized spacial score (nSPS) is 12.2. The monoisotopic (exact) mass is 258 g/mol. The molecule has 0 aliphatic rings. The molecule has 0 bridgehead atoms. The number of benzene rings is 1. The molecular weight excluding hydrogens is 240 g/mol. The number of nitrogens with zero attached hydrogens (tertiary/aromatic N) is 1. The molecule has 0 saturated heterocycles. The smallest absolute Gasteiger partial charge is 0.272 e. The molecule has 4 nitrogen and oxygen atoms in total. The average molecular weight is 258 g/mol. The molecule has 0 radical (unpaired) electrons. The second-order valence-electron chi connectivity index (χ2n) is 4.40. The topological polar surface area (TPSA) is 54.3 Å². The summed E-state index contributed by atoms with van der Waals surface area (Å²) in [5, 5.41) is 12.5. The van der Waals surface area contributed by atoms with E-state index < -0.39 is 6.10 Å². The number of para-hydroxylation sites is 1. The highest BCUT2D eigenvalue weighted by Gasteiger charge is 2.13. The van der Waals surface area contributed by atoms with Crippen LogP contribution in [0.25, 0.3) is 0 Å². The summed E-state index contributed by atoms with van der Waals surface area (Å²) in [5.74, 6) is -0.167. The highest BCUT2D eigenvalue weighted by molar-refractivity contribution is 6.03. The van der Waals surface area contributed by atoms with Crippen LogP contribution in [0.3, 0.4) is 0 Å². The maximum atomic E-state index is 12.2. The van der Waals surface area contributed by atoms with E-state index in [2.05, 4.69) is 5.32 Å². The van der Waals surface area contributed by atoms with E-state index in [0.717, 1.165) is 6.54 Å². The van der Waals surface area contributed by atoms with Gasteiger partial charge in [-0.2, -0.15) is 0 Å². The first-order chi connectivity index (χ1) is 9.13. The van der Waals surface area contributed by atoms with Crippen LogP contribution in [0, 0.1) is 0 Å². The van der Waals surface area contributed by atoms with Crippen molar-refractivity contribution in [2.45, 2.75) is 26.5 Å². The Hall–Kier alpha value is -2.07. The summed E-state index contributed by atoms with van der Waals surface area (Å²) in [6, 6.07) is 10.9. The number of rotatable bonds is 4. The number of carbonyl (C=O) groups excluding carboxylic acids is 1. The van der Waals surface area contributed by atoms with E-state index in [9.17, 15) is 9.90 Å². The highest BCUT2D eigenvalue weighted by Crippen LogP contribution is 2.22. The first kappa shape index (κ1) is 13.4. The van der Waals surface area contributed by atoms with Crippen molar-refractivity contribution in [2.24, 2.45) is 0 Å². The lowest BCUT2D eigenvalue weighted by molar-refractivity contribution is 0.101. The largest absolute Gasteiger partial charge is 0.389 e. The highest BCUT2D eigenvalue weighted by atomic mass is 16.3. The Balaban J connectivity index is 2.24. The van der Waals surface area contributed by atoms with Gasteiger partial charge in [-0.15, -0.1) is 0 Å². The Labute approximate surface area is 112 Å². The van der Waals surface area contributed by atoms with Gasteiger partial charge >= 0.3 is 0 Å². The molecule has 0 fully saturated rings. The van der Waals surface area contributed by atoms with Crippen molar-refractivity contribution >= 4 is 11.6 Å². The Morgan fingerprint density at radius 3 is 2.74 bits per heavy atom. The predicted molar refractivity (Wildman–Crippen MR) is 75.1 cm³/mol. The summed E-state index contributed by atoms with van der Waals surface area (Å²) in [6.45, 7) is 4.41. The molecule has 1 aromatic carbocycles. The fourth-order valence-corrected chi connectivity index (χ4v) is 2.06. The standard InChI is InChI=1S/C15H18N2O2/c1-3-17-10-6-9-14(17)15(19)16-13-8-5-4-7-12(13)11(2)18/h4-11,18H,3H2,1-2H3,(H,16,19). The zero-order valence-electron chi connectivity index (χ0n) is 11.1. The Morgan fingerprint density at radius 2 is 2.05 bits per heavy atom. The molecule has 1 amide bonds. The lowest BCUT2D eigenvalue weighted by Crippen LogP contribution is -2.17. The summed E-state index contributed by atoms with van der Waals surface area (Å²) in [7, 11) is 0. The van der Waals surface area contributed by atoms with Crippen LogP contribution in [-0.4, -0.2) is 15.6 Å². The van der Waals surface area contributed by atoms with Crippen LogP contribution in [0.5, 0.6) is 0 Å². The molecule has 1 unspecified atom stereocenters.